The van der Waals surface area contributed by atoms with Crippen molar-refractivity contribution in [1.29, 1.82) is 0 Å². The van der Waals surface area contributed by atoms with E-state index in [2.05, 4.69) is 24.0 Å². The van der Waals surface area contributed by atoms with E-state index >= 15 is 0 Å². The number of thioether (sulfide) groups is 1. The van der Waals surface area contributed by atoms with E-state index in [1.165, 1.54) is 57.2 Å². The molecule has 0 heterocycles. The second-order valence-corrected chi connectivity index (χ2v) is 6.19. The lowest BCUT2D eigenvalue weighted by Crippen LogP contribution is -2.20. The van der Waals surface area contributed by atoms with Gasteiger partial charge in [-0.2, -0.15) is 11.8 Å². The van der Waals surface area contributed by atoms with E-state index in [-0.39, 0.29) is 0 Å². The van der Waals surface area contributed by atoms with Crippen molar-refractivity contribution in [2.45, 2.75) is 57.1 Å². The predicted molar refractivity (Wildman–Crippen MR) is 77.9 cm³/mol. The quantitative estimate of drug-likeness (QED) is 0.607. The third-order valence-electron chi connectivity index (χ3n) is 3.28. The third kappa shape index (κ3) is 8.92. The van der Waals surface area contributed by atoms with Crippen molar-refractivity contribution in [1.82, 2.24) is 5.32 Å². The van der Waals surface area contributed by atoms with Crippen LogP contribution in [0.3, 0.4) is 0 Å². The van der Waals surface area contributed by atoms with Crippen molar-refractivity contribution >= 4 is 11.8 Å². The average Bonchev–Trinajstić information content (AvgIpc) is 2.38. The van der Waals surface area contributed by atoms with Crippen LogP contribution in [0.5, 0.6) is 0 Å². The van der Waals surface area contributed by atoms with Crippen LogP contribution >= 0.6 is 11.8 Å². The third-order valence-corrected chi connectivity index (χ3v) is 4.66. The van der Waals surface area contributed by atoms with Crippen LogP contribution < -0.4 is 5.32 Å². The van der Waals surface area contributed by atoms with E-state index in [4.69, 9.17) is 4.74 Å². The van der Waals surface area contributed by atoms with Crippen molar-refractivity contribution in [3.8, 4) is 0 Å². The molecular weight excluding hydrogens is 230 g/mol. The second-order valence-electron chi connectivity index (χ2n) is 4.78. The summed E-state index contributed by atoms with van der Waals surface area (Å²) in [5.41, 5.74) is 0. The molecule has 0 spiro atoms. The van der Waals surface area contributed by atoms with Crippen molar-refractivity contribution in [3.05, 3.63) is 0 Å². The fourth-order valence-electron chi connectivity index (χ4n) is 2.25. The fraction of sp³-hybridized carbons (Fsp3) is 1.00. The predicted octanol–water partition coefficient (Wildman–Crippen LogP) is 3.46. The molecule has 0 radical (unpaired) electrons. The molecule has 0 amide bonds. The summed E-state index contributed by atoms with van der Waals surface area (Å²) in [7, 11) is 0. The first-order valence-corrected chi connectivity index (χ1v) is 8.38. The van der Waals surface area contributed by atoms with E-state index in [1.54, 1.807) is 0 Å². The normalized spacial score (nSPS) is 17.5. The highest BCUT2D eigenvalue weighted by Gasteiger charge is 2.12. The summed E-state index contributed by atoms with van der Waals surface area (Å²) in [5.74, 6) is 1.29. The number of nitrogens with one attached hydrogen (secondary N) is 1. The summed E-state index contributed by atoms with van der Waals surface area (Å²) in [6.07, 6.45) is 9.74. The minimum Gasteiger partial charge on any atom is -0.382 e. The van der Waals surface area contributed by atoms with Gasteiger partial charge < -0.3 is 10.1 Å². The Morgan fingerprint density at radius 3 is 2.71 bits per heavy atom. The summed E-state index contributed by atoms with van der Waals surface area (Å²) < 4.78 is 5.31. The highest BCUT2D eigenvalue weighted by atomic mass is 32.2. The Labute approximate surface area is 111 Å². The highest BCUT2D eigenvalue weighted by molar-refractivity contribution is 7.99. The molecule has 102 valence electrons. The topological polar surface area (TPSA) is 21.3 Å². The van der Waals surface area contributed by atoms with Crippen LogP contribution in [-0.2, 0) is 4.74 Å². The Morgan fingerprint density at radius 1 is 1.12 bits per heavy atom. The van der Waals surface area contributed by atoms with Gasteiger partial charge in [-0.15, -0.1) is 0 Å². The van der Waals surface area contributed by atoms with Gasteiger partial charge in [-0.05, 0) is 39.2 Å². The van der Waals surface area contributed by atoms with Gasteiger partial charge in [0.05, 0.1) is 0 Å². The van der Waals surface area contributed by atoms with E-state index < -0.39 is 0 Å². The molecule has 0 bridgehead atoms. The molecule has 1 aliphatic rings. The molecule has 1 saturated carbocycles. The molecular formula is C14H29NOS. The summed E-state index contributed by atoms with van der Waals surface area (Å²) in [5, 5.41) is 4.49. The van der Waals surface area contributed by atoms with Crippen LogP contribution in [-0.4, -0.2) is 37.3 Å². The largest absolute Gasteiger partial charge is 0.382 e. The monoisotopic (exact) mass is 259 g/mol. The lowest BCUT2D eigenvalue weighted by molar-refractivity contribution is 0.143. The molecule has 1 fully saturated rings. The second kappa shape index (κ2) is 11.4. The van der Waals surface area contributed by atoms with Crippen LogP contribution in [0.2, 0.25) is 0 Å². The molecule has 3 heteroatoms. The molecule has 0 aromatic rings. The summed E-state index contributed by atoms with van der Waals surface area (Å²) in [6, 6.07) is 0. The number of unbranched alkanes of at least 4 members (excludes halogenated alkanes) is 1. The van der Waals surface area contributed by atoms with E-state index in [0.29, 0.717) is 0 Å². The Hall–Kier alpha value is 0.270. The Balaban J connectivity index is 1.75. The van der Waals surface area contributed by atoms with Gasteiger partial charge in [-0.3, -0.25) is 0 Å². The summed E-state index contributed by atoms with van der Waals surface area (Å²) >= 11 is 2.18. The van der Waals surface area contributed by atoms with Gasteiger partial charge in [0.2, 0.25) is 0 Å². The summed E-state index contributed by atoms with van der Waals surface area (Å²) in [4.78, 5) is 0. The van der Waals surface area contributed by atoms with Crippen molar-refractivity contribution in [2.24, 2.45) is 0 Å². The molecule has 1 aliphatic carbocycles. The Bertz CT molecular complexity index is 160. The molecule has 0 aliphatic heterocycles. The first kappa shape index (κ1) is 15.3. The minimum absolute atomic E-state index is 0.853. The van der Waals surface area contributed by atoms with Crippen molar-refractivity contribution in [2.75, 3.05) is 32.1 Å². The van der Waals surface area contributed by atoms with Crippen LogP contribution in [0.4, 0.5) is 0 Å². The Kier molecular flexibility index (Phi) is 10.2. The SMILES string of the molecule is CCOCCCCNCCSC1CCCCC1. The summed E-state index contributed by atoms with van der Waals surface area (Å²) in [6.45, 7) is 6.16. The van der Waals surface area contributed by atoms with Gasteiger partial charge in [-0.25, -0.2) is 0 Å². The maximum atomic E-state index is 5.31. The van der Waals surface area contributed by atoms with Gasteiger partial charge in [0.25, 0.3) is 0 Å². The standard InChI is InChI=1S/C14H29NOS/c1-2-16-12-7-6-10-15-11-13-17-14-8-4-3-5-9-14/h14-15H,2-13H2,1H3. The van der Waals surface area contributed by atoms with Crippen LogP contribution in [0.15, 0.2) is 0 Å². The molecule has 2 nitrogen and oxygen atoms in total. The van der Waals surface area contributed by atoms with Crippen LogP contribution in [0.25, 0.3) is 0 Å². The first-order valence-electron chi connectivity index (χ1n) is 7.33. The number of rotatable bonds is 10. The number of hydrogen-bond acceptors (Lipinski definition) is 3. The molecule has 0 atom stereocenters. The lowest BCUT2D eigenvalue weighted by atomic mass is 10.0. The molecule has 1 rings (SSSR count). The molecule has 0 aromatic heterocycles. The average molecular weight is 259 g/mol. The van der Waals surface area contributed by atoms with Gasteiger partial charge in [0.15, 0.2) is 0 Å². The zero-order valence-corrected chi connectivity index (χ0v) is 12.2. The molecule has 0 unspecified atom stereocenters. The molecule has 0 saturated heterocycles. The van der Waals surface area contributed by atoms with E-state index in [1.807, 2.05) is 0 Å². The number of hydrogen-bond donors (Lipinski definition) is 1. The van der Waals surface area contributed by atoms with Gasteiger partial charge in [0, 0.05) is 30.8 Å². The fourth-order valence-corrected chi connectivity index (χ4v) is 3.52. The first-order chi connectivity index (χ1) is 8.43. The van der Waals surface area contributed by atoms with E-state index in [0.717, 1.165) is 25.0 Å². The zero-order chi connectivity index (χ0) is 12.2. The van der Waals surface area contributed by atoms with Gasteiger partial charge >= 0.3 is 0 Å². The smallest absolute Gasteiger partial charge is 0.0466 e. The molecule has 17 heavy (non-hydrogen) atoms. The van der Waals surface area contributed by atoms with E-state index in [9.17, 15) is 0 Å². The Morgan fingerprint density at radius 2 is 1.94 bits per heavy atom. The van der Waals surface area contributed by atoms with Gasteiger partial charge in [-0.1, -0.05) is 19.3 Å². The minimum atomic E-state index is 0.853. The van der Waals surface area contributed by atoms with Crippen molar-refractivity contribution in [3.63, 3.8) is 0 Å². The highest BCUT2D eigenvalue weighted by Crippen LogP contribution is 2.27. The van der Waals surface area contributed by atoms with Crippen LogP contribution in [0, 0.1) is 0 Å². The maximum absolute atomic E-state index is 5.31. The molecule has 1 N–H and O–H groups in total. The zero-order valence-electron chi connectivity index (χ0n) is 11.4. The van der Waals surface area contributed by atoms with Crippen LogP contribution in [0.1, 0.15) is 51.9 Å². The lowest BCUT2D eigenvalue weighted by Gasteiger charge is -2.20. The number of ether oxygens (including phenoxy) is 1. The van der Waals surface area contributed by atoms with Crippen molar-refractivity contribution < 1.29 is 4.74 Å². The molecule has 0 aromatic carbocycles. The van der Waals surface area contributed by atoms with Gasteiger partial charge in [0.1, 0.15) is 0 Å². The maximum Gasteiger partial charge on any atom is 0.0466 e.